The number of rotatable bonds is 7. The number of amides is 2. The number of carbonyl (C=O) groups excluding carboxylic acids is 2. The van der Waals surface area contributed by atoms with Crippen LogP contribution in [0.2, 0.25) is 5.02 Å². The van der Waals surface area contributed by atoms with Crippen molar-refractivity contribution < 1.29 is 19.4 Å². The van der Waals surface area contributed by atoms with E-state index in [0.29, 0.717) is 10.6 Å². The molecule has 0 radical (unpaired) electrons. The van der Waals surface area contributed by atoms with Gasteiger partial charge in [0.25, 0.3) is 11.8 Å². The van der Waals surface area contributed by atoms with Gasteiger partial charge in [-0.05, 0) is 43.4 Å². The maximum atomic E-state index is 13.1. The summed E-state index contributed by atoms with van der Waals surface area (Å²) in [5.74, 6) is -0.745. The van der Waals surface area contributed by atoms with E-state index in [1.807, 2.05) is 0 Å². The number of aliphatic hydroxyl groups excluding tert-OH is 1. The van der Waals surface area contributed by atoms with E-state index in [4.69, 9.17) is 16.3 Å². The van der Waals surface area contributed by atoms with Crippen molar-refractivity contribution in [3.63, 3.8) is 0 Å². The number of aromatic nitrogens is 2. The molecule has 1 aliphatic rings. The van der Waals surface area contributed by atoms with Crippen LogP contribution < -0.4 is 10.6 Å². The van der Waals surface area contributed by atoms with E-state index in [9.17, 15) is 14.7 Å². The minimum Gasteiger partial charge on any atom is -0.394 e. The fourth-order valence-corrected chi connectivity index (χ4v) is 3.98. The predicted octanol–water partition coefficient (Wildman–Crippen LogP) is 2.17. The van der Waals surface area contributed by atoms with Crippen LogP contribution in [0, 0.1) is 0 Å². The number of nitrogens with one attached hydrogen (secondary N) is 2. The fourth-order valence-electron chi connectivity index (χ4n) is 3.78. The van der Waals surface area contributed by atoms with Crippen LogP contribution >= 0.6 is 11.6 Å². The van der Waals surface area contributed by atoms with E-state index in [-0.39, 0.29) is 36.0 Å². The topological polar surface area (TPSA) is 105 Å². The zero-order valence-corrected chi connectivity index (χ0v) is 17.9. The Hall–Kier alpha value is -2.42. The quantitative estimate of drug-likeness (QED) is 0.619. The predicted molar refractivity (Wildman–Crippen MR) is 113 cm³/mol. The Morgan fingerprint density at radius 2 is 2.00 bits per heavy atom. The zero-order valence-electron chi connectivity index (χ0n) is 17.1. The summed E-state index contributed by atoms with van der Waals surface area (Å²) in [6, 6.07) is 7.79. The van der Waals surface area contributed by atoms with E-state index in [1.54, 1.807) is 31.4 Å². The molecular formula is C21H27ClN4O4. The molecule has 3 rings (SSSR count). The van der Waals surface area contributed by atoms with E-state index < -0.39 is 11.9 Å². The van der Waals surface area contributed by atoms with Gasteiger partial charge in [0, 0.05) is 31.3 Å². The summed E-state index contributed by atoms with van der Waals surface area (Å²) in [7, 11) is 3.20. The van der Waals surface area contributed by atoms with Gasteiger partial charge in [0.05, 0.1) is 12.7 Å². The molecule has 1 aromatic heterocycles. The number of aliphatic hydroxyl groups is 1. The minimum atomic E-state index is -0.660. The highest BCUT2D eigenvalue weighted by Crippen LogP contribution is 2.24. The van der Waals surface area contributed by atoms with E-state index in [1.165, 1.54) is 17.8 Å². The average molecular weight is 435 g/mol. The van der Waals surface area contributed by atoms with Crippen molar-refractivity contribution in [2.24, 2.45) is 0 Å². The molecule has 0 spiro atoms. The van der Waals surface area contributed by atoms with Gasteiger partial charge in [-0.3, -0.25) is 9.59 Å². The molecule has 30 heavy (non-hydrogen) atoms. The molecule has 9 heteroatoms. The Kier molecular flexibility index (Phi) is 7.47. The lowest BCUT2D eigenvalue weighted by atomic mass is 9.93. The second kappa shape index (κ2) is 10.1. The summed E-state index contributed by atoms with van der Waals surface area (Å²) in [6.07, 6.45) is 3.62. The first-order chi connectivity index (χ1) is 14.5. The summed E-state index contributed by atoms with van der Waals surface area (Å²) in [4.78, 5) is 25.2. The van der Waals surface area contributed by atoms with Crippen LogP contribution in [-0.4, -0.2) is 59.6 Å². The number of benzene rings is 1. The molecule has 1 saturated carbocycles. The van der Waals surface area contributed by atoms with Crippen molar-refractivity contribution in [2.75, 3.05) is 20.8 Å². The number of hydrogen-bond acceptors (Lipinski definition) is 5. The molecule has 3 N–H and O–H groups in total. The summed E-state index contributed by atoms with van der Waals surface area (Å²) in [5.41, 5.74) is 0.999. The second-order valence-corrected chi connectivity index (χ2v) is 7.81. The van der Waals surface area contributed by atoms with Gasteiger partial charge in [0.2, 0.25) is 0 Å². The molecule has 1 aromatic carbocycles. The Balaban J connectivity index is 1.89. The Morgan fingerprint density at radius 1 is 1.27 bits per heavy atom. The first-order valence-electron chi connectivity index (χ1n) is 9.98. The SMILES string of the molecule is CNC(=O)c1cc(C(=O)N[C@H]2CC[C@H](OC)CC2)n(C(CO)c2cccc(Cl)c2)n1. The number of ether oxygens (including phenoxy) is 1. The van der Waals surface area contributed by atoms with Crippen LogP contribution in [0.4, 0.5) is 0 Å². The molecule has 162 valence electrons. The first-order valence-corrected chi connectivity index (χ1v) is 10.4. The van der Waals surface area contributed by atoms with Gasteiger partial charge in [-0.15, -0.1) is 0 Å². The third-order valence-corrected chi connectivity index (χ3v) is 5.71. The summed E-state index contributed by atoms with van der Waals surface area (Å²) >= 11 is 6.10. The maximum Gasteiger partial charge on any atom is 0.271 e. The Bertz CT molecular complexity index is 893. The van der Waals surface area contributed by atoms with Crippen molar-refractivity contribution >= 4 is 23.4 Å². The molecular weight excluding hydrogens is 408 g/mol. The molecule has 0 saturated heterocycles. The van der Waals surface area contributed by atoms with Crippen molar-refractivity contribution in [3.8, 4) is 0 Å². The maximum absolute atomic E-state index is 13.1. The lowest BCUT2D eigenvalue weighted by Gasteiger charge is -2.28. The van der Waals surface area contributed by atoms with Crippen LogP contribution in [0.25, 0.3) is 0 Å². The lowest BCUT2D eigenvalue weighted by molar-refractivity contribution is 0.0596. The second-order valence-electron chi connectivity index (χ2n) is 7.37. The molecule has 2 aromatic rings. The molecule has 8 nitrogen and oxygen atoms in total. The van der Waals surface area contributed by atoms with E-state index in [0.717, 1.165) is 25.7 Å². The average Bonchev–Trinajstić information content (AvgIpc) is 3.19. The highest BCUT2D eigenvalue weighted by molar-refractivity contribution is 6.30. The highest BCUT2D eigenvalue weighted by Gasteiger charge is 2.28. The van der Waals surface area contributed by atoms with Crippen LogP contribution in [0.3, 0.4) is 0 Å². The van der Waals surface area contributed by atoms with Crippen LogP contribution in [0.1, 0.15) is 58.3 Å². The largest absolute Gasteiger partial charge is 0.394 e. The minimum absolute atomic E-state index is 0.0226. The van der Waals surface area contributed by atoms with E-state index >= 15 is 0 Å². The molecule has 1 fully saturated rings. The lowest BCUT2D eigenvalue weighted by Crippen LogP contribution is -2.40. The van der Waals surface area contributed by atoms with Crippen LogP contribution in [0.15, 0.2) is 30.3 Å². The molecule has 1 heterocycles. The number of halogens is 1. The molecule has 1 unspecified atom stereocenters. The van der Waals surface area contributed by atoms with Gasteiger partial charge in [-0.25, -0.2) is 4.68 Å². The van der Waals surface area contributed by atoms with Crippen molar-refractivity contribution in [1.29, 1.82) is 0 Å². The third-order valence-electron chi connectivity index (χ3n) is 5.47. The number of carbonyl (C=O) groups is 2. The summed E-state index contributed by atoms with van der Waals surface area (Å²) in [6.45, 7) is -0.311. The summed E-state index contributed by atoms with van der Waals surface area (Å²) in [5, 5.41) is 20.4. The highest BCUT2D eigenvalue weighted by atomic mass is 35.5. The third kappa shape index (κ3) is 5.00. The van der Waals surface area contributed by atoms with Gasteiger partial charge >= 0.3 is 0 Å². The van der Waals surface area contributed by atoms with Gasteiger partial charge < -0.3 is 20.5 Å². The summed E-state index contributed by atoms with van der Waals surface area (Å²) < 4.78 is 6.78. The smallest absolute Gasteiger partial charge is 0.271 e. The molecule has 1 atom stereocenters. The molecule has 1 aliphatic carbocycles. The molecule has 0 bridgehead atoms. The van der Waals surface area contributed by atoms with E-state index in [2.05, 4.69) is 15.7 Å². The van der Waals surface area contributed by atoms with Crippen LogP contribution in [-0.2, 0) is 4.74 Å². The Morgan fingerprint density at radius 3 is 2.60 bits per heavy atom. The first kappa shape index (κ1) is 22.3. The Labute approximate surface area is 180 Å². The van der Waals surface area contributed by atoms with Crippen LogP contribution in [0.5, 0.6) is 0 Å². The monoisotopic (exact) mass is 434 g/mol. The number of methoxy groups -OCH3 is 1. The van der Waals surface area contributed by atoms with Crippen molar-refractivity contribution in [1.82, 2.24) is 20.4 Å². The normalized spacial score (nSPS) is 19.9. The van der Waals surface area contributed by atoms with Gasteiger partial charge in [-0.2, -0.15) is 5.10 Å². The molecule has 0 aliphatic heterocycles. The standard InChI is InChI=1S/C21H27ClN4O4/c1-23-20(28)17-11-18(21(29)24-15-6-8-16(30-2)9-7-15)26(25-17)19(12-27)13-4-3-5-14(22)10-13/h3-5,10-11,15-16,19,27H,6-9,12H2,1-2H3,(H,23,28)(H,24,29)/t15-,16-,19?. The van der Waals surface area contributed by atoms with Gasteiger partial charge in [0.1, 0.15) is 11.7 Å². The fraction of sp³-hybridized carbons (Fsp3) is 0.476. The van der Waals surface area contributed by atoms with Gasteiger partial charge in [0.15, 0.2) is 5.69 Å². The molecule has 2 amide bonds. The number of nitrogens with zero attached hydrogens (tertiary/aromatic N) is 2. The number of hydrogen-bond donors (Lipinski definition) is 3. The van der Waals surface area contributed by atoms with Crippen molar-refractivity contribution in [2.45, 2.75) is 43.9 Å². The van der Waals surface area contributed by atoms with Crippen molar-refractivity contribution in [3.05, 3.63) is 52.3 Å². The zero-order chi connectivity index (χ0) is 21.7. The van der Waals surface area contributed by atoms with Gasteiger partial charge in [-0.1, -0.05) is 23.7 Å².